The fourth-order valence-corrected chi connectivity index (χ4v) is 4.56. The molecule has 2 amide bonds. The number of amides is 2. The Morgan fingerprint density at radius 2 is 1.85 bits per heavy atom. The molecule has 1 heterocycles. The average molecular weight is 490 g/mol. The molecule has 2 aromatic carbocycles. The molecule has 2 N–H and O–H groups in total. The van der Waals surface area contributed by atoms with Gasteiger partial charge in [-0.25, -0.2) is 0 Å². The minimum Gasteiger partial charge on any atom is -0.496 e. The molecular formula is C25H32ClN3O3S. The fraction of sp³-hybridized carbons (Fsp3) is 0.440. The van der Waals surface area contributed by atoms with Crippen LogP contribution in [0.25, 0.3) is 0 Å². The lowest BCUT2D eigenvalue weighted by atomic mass is 10.0. The summed E-state index contributed by atoms with van der Waals surface area (Å²) in [6.07, 6.45) is 4.33. The highest BCUT2D eigenvalue weighted by Crippen LogP contribution is 2.18. The molecule has 6 nitrogen and oxygen atoms in total. The maximum absolute atomic E-state index is 13.1. The van der Waals surface area contributed by atoms with Crippen LogP contribution >= 0.6 is 23.4 Å². The van der Waals surface area contributed by atoms with E-state index >= 15 is 0 Å². The number of carbonyl (C=O) groups is 2. The Morgan fingerprint density at radius 3 is 2.52 bits per heavy atom. The second kappa shape index (κ2) is 12.9. The molecule has 0 aliphatic carbocycles. The summed E-state index contributed by atoms with van der Waals surface area (Å²) in [5, 5.41) is 6.82. The summed E-state index contributed by atoms with van der Waals surface area (Å²) >= 11 is 7.63. The SMILES string of the molecule is COc1ccccc1C(=O)NC(CCSC)C(=O)NC1CCN(Cc2ccc(Cl)cc2)CC1. The topological polar surface area (TPSA) is 70.7 Å². The summed E-state index contributed by atoms with van der Waals surface area (Å²) < 4.78 is 5.29. The first-order valence-corrected chi connectivity index (χ1v) is 13.0. The number of benzene rings is 2. The molecular weight excluding hydrogens is 458 g/mol. The van der Waals surface area contributed by atoms with Gasteiger partial charge in [-0.1, -0.05) is 35.9 Å². The number of para-hydroxylation sites is 1. The second-order valence-electron chi connectivity index (χ2n) is 8.19. The predicted octanol–water partition coefficient (Wildman–Crippen LogP) is 3.98. The van der Waals surface area contributed by atoms with Crippen molar-refractivity contribution in [2.45, 2.75) is 37.9 Å². The molecule has 0 aromatic heterocycles. The van der Waals surface area contributed by atoms with Crippen LogP contribution < -0.4 is 15.4 Å². The largest absolute Gasteiger partial charge is 0.496 e. The van der Waals surface area contributed by atoms with E-state index in [0.29, 0.717) is 17.7 Å². The molecule has 1 aliphatic heterocycles. The van der Waals surface area contributed by atoms with Crippen molar-refractivity contribution in [2.24, 2.45) is 0 Å². The van der Waals surface area contributed by atoms with E-state index in [0.717, 1.165) is 43.3 Å². The third kappa shape index (κ3) is 7.66. The summed E-state index contributed by atoms with van der Waals surface area (Å²) in [6.45, 7) is 2.70. The highest BCUT2D eigenvalue weighted by molar-refractivity contribution is 7.98. The Morgan fingerprint density at radius 1 is 1.15 bits per heavy atom. The zero-order valence-corrected chi connectivity index (χ0v) is 20.8. The molecule has 0 radical (unpaired) electrons. The van der Waals surface area contributed by atoms with Crippen LogP contribution in [0.15, 0.2) is 48.5 Å². The predicted molar refractivity (Wildman–Crippen MR) is 135 cm³/mol. The normalized spacial score (nSPS) is 15.6. The maximum atomic E-state index is 13.1. The number of hydrogen-bond donors (Lipinski definition) is 2. The van der Waals surface area contributed by atoms with Crippen LogP contribution in [0, 0.1) is 0 Å². The van der Waals surface area contributed by atoms with Gasteiger partial charge in [0, 0.05) is 30.7 Å². The molecule has 1 saturated heterocycles. The Kier molecular flexibility index (Phi) is 9.91. The zero-order chi connectivity index (χ0) is 23.6. The van der Waals surface area contributed by atoms with Gasteiger partial charge in [-0.3, -0.25) is 14.5 Å². The lowest BCUT2D eigenvalue weighted by molar-refractivity contribution is -0.124. The summed E-state index contributed by atoms with van der Waals surface area (Å²) in [6, 6.07) is 14.5. The minimum atomic E-state index is -0.582. The van der Waals surface area contributed by atoms with Crippen molar-refractivity contribution in [1.82, 2.24) is 15.5 Å². The number of ether oxygens (including phenoxy) is 1. The van der Waals surface area contributed by atoms with E-state index in [9.17, 15) is 9.59 Å². The zero-order valence-electron chi connectivity index (χ0n) is 19.2. The van der Waals surface area contributed by atoms with Crippen LogP contribution in [0.1, 0.15) is 35.2 Å². The smallest absolute Gasteiger partial charge is 0.255 e. The maximum Gasteiger partial charge on any atom is 0.255 e. The van der Waals surface area contributed by atoms with Crippen LogP contribution in [0.3, 0.4) is 0 Å². The van der Waals surface area contributed by atoms with Gasteiger partial charge in [0.15, 0.2) is 0 Å². The first-order valence-electron chi connectivity index (χ1n) is 11.2. The van der Waals surface area contributed by atoms with Crippen LogP contribution in [-0.2, 0) is 11.3 Å². The molecule has 3 rings (SSSR count). The number of rotatable bonds is 10. The standard InChI is InChI=1S/C25H32ClN3O3S/c1-32-23-6-4-3-5-21(23)24(30)28-22(13-16-33-2)25(31)27-20-11-14-29(15-12-20)17-18-7-9-19(26)10-8-18/h3-10,20,22H,11-17H2,1-2H3,(H,27,31)(H,28,30). The van der Waals surface area contributed by atoms with E-state index < -0.39 is 6.04 Å². The van der Waals surface area contributed by atoms with E-state index in [1.807, 2.05) is 24.5 Å². The average Bonchev–Trinajstić information content (AvgIpc) is 2.84. The first kappa shape index (κ1) is 25.4. The van der Waals surface area contributed by atoms with E-state index in [2.05, 4.69) is 27.7 Å². The monoisotopic (exact) mass is 489 g/mol. The number of carbonyl (C=O) groups excluding carboxylic acids is 2. The molecule has 0 bridgehead atoms. The highest BCUT2D eigenvalue weighted by atomic mass is 35.5. The number of piperidine rings is 1. The molecule has 1 atom stereocenters. The number of thioether (sulfide) groups is 1. The lowest BCUT2D eigenvalue weighted by Crippen LogP contribution is -2.52. The number of nitrogens with one attached hydrogen (secondary N) is 2. The molecule has 1 fully saturated rings. The molecule has 178 valence electrons. The third-order valence-electron chi connectivity index (χ3n) is 5.84. The summed E-state index contributed by atoms with van der Waals surface area (Å²) in [7, 11) is 1.53. The minimum absolute atomic E-state index is 0.110. The number of hydrogen-bond acceptors (Lipinski definition) is 5. The van der Waals surface area contributed by atoms with Gasteiger partial charge < -0.3 is 15.4 Å². The van der Waals surface area contributed by atoms with E-state index in [1.54, 1.807) is 30.0 Å². The van der Waals surface area contributed by atoms with Crippen LogP contribution in [-0.4, -0.2) is 61.0 Å². The number of halogens is 1. The van der Waals surface area contributed by atoms with Gasteiger partial charge in [-0.05, 0) is 61.1 Å². The highest BCUT2D eigenvalue weighted by Gasteiger charge is 2.26. The van der Waals surface area contributed by atoms with Crippen molar-refractivity contribution in [3.05, 3.63) is 64.7 Å². The van der Waals surface area contributed by atoms with Gasteiger partial charge in [0.1, 0.15) is 11.8 Å². The molecule has 1 unspecified atom stereocenters. The lowest BCUT2D eigenvalue weighted by Gasteiger charge is -2.33. The van der Waals surface area contributed by atoms with Crippen molar-refractivity contribution in [3.8, 4) is 5.75 Å². The van der Waals surface area contributed by atoms with Crippen molar-refractivity contribution >= 4 is 35.2 Å². The molecule has 1 aliphatic rings. The molecule has 2 aromatic rings. The molecule has 0 spiro atoms. The van der Waals surface area contributed by atoms with Crippen LogP contribution in [0.5, 0.6) is 5.75 Å². The van der Waals surface area contributed by atoms with Crippen LogP contribution in [0.4, 0.5) is 0 Å². The number of likely N-dealkylation sites (tertiary alicyclic amines) is 1. The van der Waals surface area contributed by atoms with E-state index in [4.69, 9.17) is 16.3 Å². The van der Waals surface area contributed by atoms with Crippen molar-refractivity contribution in [2.75, 3.05) is 32.2 Å². The van der Waals surface area contributed by atoms with Gasteiger partial charge in [-0.15, -0.1) is 0 Å². The second-order valence-corrected chi connectivity index (χ2v) is 9.62. The first-order chi connectivity index (χ1) is 16.0. The molecule has 0 saturated carbocycles. The number of nitrogens with zero attached hydrogens (tertiary/aromatic N) is 1. The van der Waals surface area contributed by atoms with Gasteiger partial charge >= 0.3 is 0 Å². The molecule has 8 heteroatoms. The third-order valence-corrected chi connectivity index (χ3v) is 6.73. The van der Waals surface area contributed by atoms with Gasteiger partial charge in [0.05, 0.1) is 12.7 Å². The summed E-state index contributed by atoms with van der Waals surface area (Å²) in [5.74, 6) is 0.853. The quantitative estimate of drug-likeness (QED) is 0.528. The van der Waals surface area contributed by atoms with E-state index in [-0.39, 0.29) is 17.9 Å². The van der Waals surface area contributed by atoms with Gasteiger partial charge in [-0.2, -0.15) is 11.8 Å². The Hall–Kier alpha value is -2.22. The van der Waals surface area contributed by atoms with Crippen LogP contribution in [0.2, 0.25) is 5.02 Å². The summed E-state index contributed by atoms with van der Waals surface area (Å²) in [4.78, 5) is 28.3. The molecule has 33 heavy (non-hydrogen) atoms. The van der Waals surface area contributed by atoms with Crippen molar-refractivity contribution in [3.63, 3.8) is 0 Å². The Balaban J connectivity index is 1.53. The number of methoxy groups -OCH3 is 1. The summed E-state index contributed by atoms with van der Waals surface area (Å²) in [5.41, 5.74) is 1.66. The van der Waals surface area contributed by atoms with Crippen molar-refractivity contribution < 1.29 is 14.3 Å². The fourth-order valence-electron chi connectivity index (χ4n) is 3.96. The van der Waals surface area contributed by atoms with E-state index in [1.165, 1.54) is 12.7 Å². The Bertz CT molecular complexity index is 917. The Labute approximate surface area is 205 Å². The van der Waals surface area contributed by atoms with Gasteiger partial charge in [0.2, 0.25) is 5.91 Å². The van der Waals surface area contributed by atoms with Crippen molar-refractivity contribution in [1.29, 1.82) is 0 Å². The van der Waals surface area contributed by atoms with Gasteiger partial charge in [0.25, 0.3) is 5.91 Å².